The molecule has 38 heavy (non-hydrogen) atoms. The summed E-state index contributed by atoms with van der Waals surface area (Å²) >= 11 is 0. The molecule has 1 N–H and O–H groups in total. The standard InChI is InChI=1S/C27H29N5O6/c1-27(2,3)38-26(34)32-20-10-24(29-11-17(20)8-21(32)23-12-28-15-37-23)30-19-7-6-16(9-22(19)36-5)25(33)31-13-18(14-31)35-4/h6-12,15,18H,13-14H2,1-5H3,(H,29,30). The van der Waals surface area contributed by atoms with E-state index >= 15 is 0 Å². The Morgan fingerprint density at radius 3 is 2.55 bits per heavy atom. The monoisotopic (exact) mass is 519 g/mol. The van der Waals surface area contributed by atoms with E-state index in [9.17, 15) is 9.59 Å². The molecule has 0 bridgehead atoms. The summed E-state index contributed by atoms with van der Waals surface area (Å²) in [6.07, 6.45) is 4.00. The van der Waals surface area contributed by atoms with Crippen molar-refractivity contribution in [2.24, 2.45) is 0 Å². The highest BCUT2D eigenvalue weighted by Gasteiger charge is 2.31. The van der Waals surface area contributed by atoms with Gasteiger partial charge in [0.2, 0.25) is 0 Å². The molecule has 0 unspecified atom stereocenters. The van der Waals surface area contributed by atoms with Crippen molar-refractivity contribution in [3.63, 3.8) is 0 Å². The molecule has 0 aliphatic carbocycles. The summed E-state index contributed by atoms with van der Waals surface area (Å²) in [5.41, 5.74) is 1.49. The summed E-state index contributed by atoms with van der Waals surface area (Å²) in [6.45, 7) is 6.54. The van der Waals surface area contributed by atoms with E-state index in [-0.39, 0.29) is 12.0 Å². The number of carbonyl (C=O) groups is 2. The topological polar surface area (TPSA) is 121 Å². The van der Waals surface area contributed by atoms with Gasteiger partial charge >= 0.3 is 6.09 Å². The summed E-state index contributed by atoms with van der Waals surface area (Å²) in [6, 6.07) is 8.72. The van der Waals surface area contributed by atoms with Gasteiger partial charge < -0.3 is 28.8 Å². The lowest BCUT2D eigenvalue weighted by Crippen LogP contribution is -2.54. The minimum Gasteiger partial charge on any atom is -0.495 e. The summed E-state index contributed by atoms with van der Waals surface area (Å²) in [7, 11) is 3.17. The third-order valence-electron chi connectivity index (χ3n) is 6.13. The van der Waals surface area contributed by atoms with Gasteiger partial charge in [-0.1, -0.05) is 0 Å². The molecule has 5 rings (SSSR count). The van der Waals surface area contributed by atoms with E-state index in [1.165, 1.54) is 24.3 Å². The van der Waals surface area contributed by atoms with Crippen molar-refractivity contribution in [2.75, 3.05) is 32.6 Å². The Hall–Kier alpha value is -4.38. The fraction of sp³-hybridized carbons (Fsp3) is 0.333. The number of anilines is 2. The van der Waals surface area contributed by atoms with Gasteiger partial charge in [0.05, 0.1) is 36.3 Å². The zero-order valence-electron chi connectivity index (χ0n) is 21.8. The number of fused-ring (bicyclic) bond motifs is 1. The average Bonchev–Trinajstić information content (AvgIpc) is 3.50. The second-order valence-corrected chi connectivity index (χ2v) is 9.95. The molecule has 11 nitrogen and oxygen atoms in total. The number of rotatable bonds is 6. The molecular weight excluding hydrogens is 490 g/mol. The maximum absolute atomic E-state index is 13.2. The van der Waals surface area contributed by atoms with Crippen LogP contribution in [0.4, 0.5) is 16.3 Å². The van der Waals surface area contributed by atoms with Crippen LogP contribution in [0.25, 0.3) is 22.4 Å². The van der Waals surface area contributed by atoms with Gasteiger partial charge in [0.1, 0.15) is 17.2 Å². The molecule has 1 aliphatic rings. The van der Waals surface area contributed by atoms with E-state index in [0.29, 0.717) is 58.3 Å². The highest BCUT2D eigenvalue weighted by molar-refractivity contribution is 5.97. The predicted molar refractivity (Wildman–Crippen MR) is 140 cm³/mol. The maximum atomic E-state index is 13.2. The summed E-state index contributed by atoms with van der Waals surface area (Å²) in [5, 5.41) is 3.94. The summed E-state index contributed by atoms with van der Waals surface area (Å²) < 4.78 is 23.4. The molecule has 4 heterocycles. The molecule has 0 atom stereocenters. The van der Waals surface area contributed by atoms with Gasteiger partial charge in [-0.25, -0.2) is 19.3 Å². The van der Waals surface area contributed by atoms with E-state index in [2.05, 4.69) is 15.3 Å². The minimum atomic E-state index is -0.701. The third-order valence-corrected chi connectivity index (χ3v) is 6.13. The summed E-state index contributed by atoms with van der Waals surface area (Å²) in [4.78, 5) is 36.2. The van der Waals surface area contributed by atoms with Crippen LogP contribution in [0.1, 0.15) is 31.1 Å². The number of nitrogens with zero attached hydrogens (tertiary/aromatic N) is 4. The number of benzene rings is 1. The molecule has 0 spiro atoms. The molecule has 4 aromatic rings. The van der Waals surface area contributed by atoms with Gasteiger partial charge in [-0.05, 0) is 45.0 Å². The number of amides is 1. The van der Waals surface area contributed by atoms with Crippen molar-refractivity contribution in [3.8, 4) is 17.2 Å². The quantitative estimate of drug-likeness (QED) is 0.386. The molecule has 1 fully saturated rings. The second kappa shape index (κ2) is 9.82. The lowest BCUT2D eigenvalue weighted by molar-refractivity contribution is -0.0192. The predicted octanol–water partition coefficient (Wildman–Crippen LogP) is 4.70. The fourth-order valence-corrected chi connectivity index (χ4v) is 4.20. The SMILES string of the molecule is COc1cc(C(=O)N2CC(OC)C2)ccc1Nc1cc2c(cn1)cc(-c1cnco1)n2C(=O)OC(C)(C)C. The van der Waals surface area contributed by atoms with E-state index in [1.54, 1.807) is 69.3 Å². The van der Waals surface area contributed by atoms with Crippen LogP contribution in [-0.4, -0.2) is 70.4 Å². The molecule has 1 aliphatic heterocycles. The van der Waals surface area contributed by atoms with Gasteiger partial charge in [-0.2, -0.15) is 0 Å². The first-order chi connectivity index (χ1) is 18.2. The molecule has 1 aromatic carbocycles. The van der Waals surface area contributed by atoms with Crippen LogP contribution in [0.3, 0.4) is 0 Å². The van der Waals surface area contributed by atoms with E-state index in [4.69, 9.17) is 18.6 Å². The number of hydrogen-bond donors (Lipinski definition) is 1. The smallest absolute Gasteiger partial charge is 0.419 e. The zero-order valence-corrected chi connectivity index (χ0v) is 21.8. The first-order valence-electron chi connectivity index (χ1n) is 12.1. The Kier molecular flexibility index (Phi) is 6.53. The van der Waals surface area contributed by atoms with Gasteiger partial charge in [0, 0.05) is 43.4 Å². The van der Waals surface area contributed by atoms with Crippen molar-refractivity contribution in [1.82, 2.24) is 19.4 Å². The number of ether oxygens (including phenoxy) is 3. The molecule has 11 heteroatoms. The van der Waals surface area contributed by atoms with Crippen molar-refractivity contribution in [2.45, 2.75) is 32.5 Å². The Morgan fingerprint density at radius 1 is 1.11 bits per heavy atom. The number of oxazole rings is 1. The van der Waals surface area contributed by atoms with Crippen LogP contribution in [0.15, 0.2) is 53.5 Å². The van der Waals surface area contributed by atoms with Gasteiger partial charge in [-0.3, -0.25) is 4.79 Å². The van der Waals surface area contributed by atoms with E-state index < -0.39 is 11.7 Å². The third kappa shape index (κ3) is 4.92. The number of likely N-dealkylation sites (tertiary alicyclic amines) is 1. The zero-order chi connectivity index (χ0) is 27.0. The molecule has 1 amide bonds. The molecule has 0 radical (unpaired) electrons. The Labute approximate surface area is 219 Å². The van der Waals surface area contributed by atoms with Crippen LogP contribution >= 0.6 is 0 Å². The Morgan fingerprint density at radius 2 is 1.89 bits per heavy atom. The van der Waals surface area contributed by atoms with Crippen LogP contribution in [0.5, 0.6) is 5.75 Å². The first kappa shape index (κ1) is 25.3. The number of hydrogen-bond acceptors (Lipinski definition) is 9. The van der Waals surface area contributed by atoms with Gasteiger partial charge in [0.25, 0.3) is 5.91 Å². The molecule has 198 valence electrons. The number of methoxy groups -OCH3 is 2. The molecule has 0 saturated carbocycles. The summed E-state index contributed by atoms with van der Waals surface area (Å²) in [5.74, 6) is 1.28. The maximum Gasteiger partial charge on any atom is 0.419 e. The van der Waals surface area contributed by atoms with E-state index in [1.807, 2.05) is 0 Å². The molecular formula is C27H29N5O6. The van der Waals surface area contributed by atoms with Crippen LogP contribution < -0.4 is 10.1 Å². The van der Waals surface area contributed by atoms with Crippen molar-refractivity contribution in [1.29, 1.82) is 0 Å². The Balaban J connectivity index is 1.47. The normalized spacial score (nSPS) is 13.9. The highest BCUT2D eigenvalue weighted by Crippen LogP contribution is 2.33. The van der Waals surface area contributed by atoms with Gasteiger partial charge in [-0.15, -0.1) is 0 Å². The first-order valence-corrected chi connectivity index (χ1v) is 12.1. The highest BCUT2D eigenvalue weighted by atomic mass is 16.6. The number of aromatic nitrogens is 3. The lowest BCUT2D eigenvalue weighted by Gasteiger charge is -2.38. The fourth-order valence-electron chi connectivity index (χ4n) is 4.20. The Bertz CT molecular complexity index is 1480. The van der Waals surface area contributed by atoms with Crippen LogP contribution in [0.2, 0.25) is 0 Å². The average molecular weight is 520 g/mol. The van der Waals surface area contributed by atoms with Gasteiger partial charge in [0.15, 0.2) is 12.2 Å². The van der Waals surface area contributed by atoms with E-state index in [0.717, 1.165) is 0 Å². The second-order valence-electron chi connectivity index (χ2n) is 9.95. The van der Waals surface area contributed by atoms with Crippen molar-refractivity contribution in [3.05, 3.63) is 54.7 Å². The number of pyridine rings is 1. The lowest BCUT2D eigenvalue weighted by atomic mass is 10.1. The van der Waals surface area contributed by atoms with Crippen LogP contribution in [0, 0.1) is 0 Å². The largest absolute Gasteiger partial charge is 0.495 e. The van der Waals surface area contributed by atoms with Crippen LogP contribution in [-0.2, 0) is 9.47 Å². The molecule has 1 saturated heterocycles. The number of nitrogens with one attached hydrogen (secondary N) is 1. The van der Waals surface area contributed by atoms with Crippen molar-refractivity contribution < 1.29 is 28.2 Å². The number of carbonyl (C=O) groups excluding carboxylic acids is 2. The molecule has 3 aromatic heterocycles. The van der Waals surface area contributed by atoms with Crippen molar-refractivity contribution >= 4 is 34.4 Å². The minimum absolute atomic E-state index is 0.0759.